The summed E-state index contributed by atoms with van der Waals surface area (Å²) in [7, 11) is 0. The fraction of sp³-hybridized carbons (Fsp3) is 0.647. The summed E-state index contributed by atoms with van der Waals surface area (Å²) in [6, 6.07) is 4.07. The van der Waals surface area contributed by atoms with Crippen LogP contribution in [0.2, 0.25) is 0 Å². The number of rotatable bonds is 5. The summed E-state index contributed by atoms with van der Waals surface area (Å²) in [4.78, 5) is 0. The molecule has 3 rings (SSSR count). The minimum Gasteiger partial charge on any atom is -0.454 e. The van der Waals surface area contributed by atoms with Crippen LogP contribution in [0.1, 0.15) is 44.6 Å². The molecule has 0 aromatic heterocycles. The summed E-state index contributed by atoms with van der Waals surface area (Å²) in [6.07, 6.45) is 6.97. The number of fused-ring (bicyclic) bond motifs is 1. The normalized spacial score (nSPS) is 24.3. The summed E-state index contributed by atoms with van der Waals surface area (Å²) in [6.45, 7) is 4.69. The summed E-state index contributed by atoms with van der Waals surface area (Å²) in [5.41, 5.74) is 1.23. The molecule has 1 aliphatic heterocycles. The largest absolute Gasteiger partial charge is 0.454 e. The molecule has 2 aliphatic rings. The molecule has 0 saturated heterocycles. The highest BCUT2D eigenvalue weighted by Crippen LogP contribution is 2.37. The van der Waals surface area contributed by atoms with Crippen LogP contribution in [0.25, 0.3) is 0 Å². The quantitative estimate of drug-likeness (QED) is 0.791. The Hall–Kier alpha value is -0.740. The van der Waals surface area contributed by atoms with Crippen molar-refractivity contribution in [2.45, 2.75) is 45.6 Å². The third kappa shape index (κ3) is 3.92. The van der Waals surface area contributed by atoms with Crippen LogP contribution in [0, 0.1) is 11.8 Å². The predicted molar refractivity (Wildman–Crippen MR) is 87.7 cm³/mol. The molecule has 0 bridgehead atoms. The van der Waals surface area contributed by atoms with Gasteiger partial charge in [0.1, 0.15) is 0 Å². The maximum absolute atomic E-state index is 5.44. The van der Waals surface area contributed by atoms with E-state index in [4.69, 9.17) is 9.47 Å². The van der Waals surface area contributed by atoms with Crippen molar-refractivity contribution in [3.63, 3.8) is 0 Å². The third-order valence-electron chi connectivity index (χ3n) is 4.63. The molecule has 1 heterocycles. The van der Waals surface area contributed by atoms with Gasteiger partial charge >= 0.3 is 0 Å². The van der Waals surface area contributed by atoms with Crippen molar-refractivity contribution in [1.29, 1.82) is 0 Å². The maximum Gasteiger partial charge on any atom is 0.231 e. The molecule has 4 heteroatoms. The van der Waals surface area contributed by atoms with Crippen molar-refractivity contribution in [2.75, 3.05) is 13.3 Å². The lowest BCUT2D eigenvalue weighted by molar-refractivity contribution is 0.174. The van der Waals surface area contributed by atoms with Gasteiger partial charge in [-0.05, 0) is 48.9 Å². The molecular formula is C17H24BrNO2. The number of halogens is 1. The molecule has 2 atom stereocenters. The zero-order chi connectivity index (χ0) is 14.7. The van der Waals surface area contributed by atoms with E-state index in [2.05, 4.69) is 34.2 Å². The Bertz CT molecular complexity index is 492. The lowest BCUT2D eigenvalue weighted by Crippen LogP contribution is -2.21. The molecule has 1 N–H and O–H groups in total. The second-order valence-corrected chi connectivity index (χ2v) is 7.25. The van der Waals surface area contributed by atoms with Gasteiger partial charge in [0.2, 0.25) is 6.79 Å². The highest BCUT2D eigenvalue weighted by atomic mass is 79.9. The van der Waals surface area contributed by atoms with Crippen LogP contribution in [-0.2, 0) is 6.54 Å². The molecule has 1 fully saturated rings. The number of benzene rings is 1. The zero-order valence-corrected chi connectivity index (χ0v) is 14.2. The van der Waals surface area contributed by atoms with Gasteiger partial charge < -0.3 is 14.8 Å². The fourth-order valence-corrected chi connectivity index (χ4v) is 3.91. The predicted octanol–water partition coefficient (Wildman–Crippen LogP) is 4.48. The van der Waals surface area contributed by atoms with Crippen molar-refractivity contribution in [3.05, 3.63) is 22.2 Å². The molecule has 116 valence electrons. The first kappa shape index (κ1) is 15.2. The Morgan fingerprint density at radius 1 is 1.24 bits per heavy atom. The van der Waals surface area contributed by atoms with Crippen LogP contribution in [0.4, 0.5) is 0 Å². The zero-order valence-electron chi connectivity index (χ0n) is 12.7. The Morgan fingerprint density at radius 3 is 2.86 bits per heavy atom. The molecule has 3 nitrogen and oxygen atoms in total. The average Bonchev–Trinajstić information content (AvgIpc) is 2.90. The molecule has 0 spiro atoms. The van der Waals surface area contributed by atoms with Crippen molar-refractivity contribution in [1.82, 2.24) is 5.32 Å². The van der Waals surface area contributed by atoms with Crippen molar-refractivity contribution < 1.29 is 9.47 Å². The molecule has 0 amide bonds. The number of hydrogen-bond donors (Lipinski definition) is 1. The molecular weight excluding hydrogens is 330 g/mol. The van der Waals surface area contributed by atoms with Crippen LogP contribution in [-0.4, -0.2) is 13.3 Å². The van der Waals surface area contributed by atoms with Crippen molar-refractivity contribution in [3.8, 4) is 11.5 Å². The molecule has 1 aromatic rings. The van der Waals surface area contributed by atoms with E-state index in [1.165, 1.54) is 37.7 Å². The Balaban J connectivity index is 1.45. The van der Waals surface area contributed by atoms with E-state index < -0.39 is 0 Å². The van der Waals surface area contributed by atoms with Crippen LogP contribution in [0.15, 0.2) is 16.6 Å². The first-order valence-electron chi connectivity index (χ1n) is 8.01. The van der Waals surface area contributed by atoms with E-state index in [1.807, 2.05) is 6.07 Å². The van der Waals surface area contributed by atoms with E-state index in [9.17, 15) is 0 Å². The number of ether oxygens (including phenoxy) is 2. The third-order valence-corrected chi connectivity index (χ3v) is 5.37. The Morgan fingerprint density at radius 2 is 2.05 bits per heavy atom. The van der Waals surface area contributed by atoms with Crippen LogP contribution >= 0.6 is 15.9 Å². The van der Waals surface area contributed by atoms with E-state index >= 15 is 0 Å². The highest BCUT2D eigenvalue weighted by Gasteiger charge is 2.19. The molecule has 1 aliphatic carbocycles. The second kappa shape index (κ2) is 7.01. The second-order valence-electron chi connectivity index (χ2n) is 6.40. The van der Waals surface area contributed by atoms with Crippen LogP contribution in [0.5, 0.6) is 11.5 Å². The van der Waals surface area contributed by atoms with Gasteiger partial charge in [-0.2, -0.15) is 0 Å². The Labute approximate surface area is 135 Å². The molecule has 1 saturated carbocycles. The van der Waals surface area contributed by atoms with E-state index in [-0.39, 0.29) is 0 Å². The van der Waals surface area contributed by atoms with E-state index in [0.29, 0.717) is 6.79 Å². The standard InChI is InChI=1S/C17H24BrNO2/c1-12-3-2-4-13(7-12)5-6-19-10-14-8-16-17(9-15(14)18)21-11-20-16/h8-9,12-13,19H,2-7,10-11H2,1H3. The van der Waals surface area contributed by atoms with Crippen LogP contribution < -0.4 is 14.8 Å². The van der Waals surface area contributed by atoms with Gasteiger partial charge in [0.05, 0.1) is 0 Å². The molecule has 2 unspecified atom stereocenters. The lowest BCUT2D eigenvalue weighted by atomic mass is 9.81. The summed E-state index contributed by atoms with van der Waals surface area (Å²) < 4.78 is 11.9. The van der Waals surface area contributed by atoms with Gasteiger partial charge in [0.15, 0.2) is 11.5 Å². The first-order chi connectivity index (χ1) is 10.2. The minimum absolute atomic E-state index is 0.332. The first-order valence-corrected chi connectivity index (χ1v) is 8.80. The van der Waals surface area contributed by atoms with E-state index in [0.717, 1.165) is 40.9 Å². The SMILES string of the molecule is CC1CCCC(CCNCc2cc3c(cc2Br)OCO3)C1. The molecule has 0 radical (unpaired) electrons. The average molecular weight is 354 g/mol. The van der Waals surface area contributed by atoms with Gasteiger partial charge in [-0.1, -0.05) is 42.1 Å². The van der Waals surface area contributed by atoms with Gasteiger partial charge in [-0.3, -0.25) is 0 Å². The van der Waals surface area contributed by atoms with Gasteiger partial charge in [-0.15, -0.1) is 0 Å². The van der Waals surface area contributed by atoms with Gasteiger partial charge in [0, 0.05) is 11.0 Å². The summed E-state index contributed by atoms with van der Waals surface area (Å²) in [5, 5.41) is 3.57. The summed E-state index contributed by atoms with van der Waals surface area (Å²) >= 11 is 3.61. The lowest BCUT2D eigenvalue weighted by Gasteiger charge is -2.26. The fourth-order valence-electron chi connectivity index (χ4n) is 3.45. The minimum atomic E-state index is 0.332. The number of hydrogen-bond acceptors (Lipinski definition) is 3. The highest BCUT2D eigenvalue weighted by molar-refractivity contribution is 9.10. The smallest absolute Gasteiger partial charge is 0.231 e. The summed E-state index contributed by atoms with van der Waals surface area (Å²) in [5.74, 6) is 3.53. The van der Waals surface area contributed by atoms with Crippen molar-refractivity contribution >= 4 is 15.9 Å². The number of nitrogens with one attached hydrogen (secondary N) is 1. The van der Waals surface area contributed by atoms with Crippen LogP contribution in [0.3, 0.4) is 0 Å². The topological polar surface area (TPSA) is 30.5 Å². The molecule has 21 heavy (non-hydrogen) atoms. The van der Waals surface area contributed by atoms with E-state index in [1.54, 1.807) is 0 Å². The molecule has 1 aromatic carbocycles. The maximum atomic E-state index is 5.44. The van der Waals surface area contributed by atoms with Gasteiger partial charge in [0.25, 0.3) is 0 Å². The van der Waals surface area contributed by atoms with Gasteiger partial charge in [-0.25, -0.2) is 0 Å². The van der Waals surface area contributed by atoms with Crippen molar-refractivity contribution in [2.24, 2.45) is 11.8 Å². The Kier molecular flexibility index (Phi) is 5.07. The monoisotopic (exact) mass is 353 g/mol.